The largest absolute Gasteiger partial charge is 0.461 e. The highest BCUT2D eigenvalue weighted by atomic mass is 79.9. The summed E-state index contributed by atoms with van der Waals surface area (Å²) in [5.74, 6) is -0.219. The molecule has 1 aromatic carbocycles. The van der Waals surface area contributed by atoms with Gasteiger partial charge >= 0.3 is 5.97 Å². The Morgan fingerprint density at radius 2 is 2.13 bits per heavy atom. The number of ether oxygens (including phenoxy) is 1. The molecule has 0 atom stereocenters. The highest BCUT2D eigenvalue weighted by Gasteiger charge is 2.37. The molecule has 5 nitrogen and oxygen atoms in total. The Bertz CT molecular complexity index is 777. The van der Waals surface area contributed by atoms with Crippen LogP contribution in [-0.4, -0.2) is 23.5 Å². The molecule has 1 aliphatic rings. The van der Waals surface area contributed by atoms with Crippen LogP contribution in [0.25, 0.3) is 0 Å². The van der Waals surface area contributed by atoms with Gasteiger partial charge in [0, 0.05) is 16.0 Å². The van der Waals surface area contributed by atoms with Crippen molar-refractivity contribution in [3.63, 3.8) is 0 Å². The minimum absolute atomic E-state index is 0.0295. The molecule has 0 spiro atoms. The molecule has 23 heavy (non-hydrogen) atoms. The van der Waals surface area contributed by atoms with Crippen molar-refractivity contribution in [1.82, 2.24) is 5.16 Å². The molecule has 0 amide bonds. The smallest absolute Gasteiger partial charge is 0.361 e. The maximum absolute atomic E-state index is 13.0. The number of esters is 1. The number of benzene rings is 1. The van der Waals surface area contributed by atoms with Crippen molar-refractivity contribution in [2.24, 2.45) is 0 Å². The van der Waals surface area contributed by atoms with E-state index in [1.165, 1.54) is 0 Å². The topological polar surface area (TPSA) is 69.4 Å². The van der Waals surface area contributed by atoms with Gasteiger partial charge in [-0.05, 0) is 38.3 Å². The fraction of sp³-hybridized carbons (Fsp3) is 0.353. The van der Waals surface area contributed by atoms with Crippen molar-refractivity contribution in [1.29, 1.82) is 0 Å². The average Bonchev–Trinajstić information content (AvgIpc) is 3.28. The summed E-state index contributed by atoms with van der Waals surface area (Å²) >= 11 is 3.43. The van der Waals surface area contributed by atoms with Gasteiger partial charge in [0.05, 0.1) is 6.61 Å². The molecule has 1 aliphatic carbocycles. The van der Waals surface area contributed by atoms with Crippen LogP contribution in [0.3, 0.4) is 0 Å². The Labute approximate surface area is 142 Å². The molecule has 1 saturated carbocycles. The van der Waals surface area contributed by atoms with E-state index < -0.39 is 5.97 Å². The second-order valence-electron chi connectivity index (χ2n) is 5.51. The SMILES string of the molecule is CCOC(=O)c1noc(C2CC2)c1C(=O)c1cccc(Br)c1C. The van der Waals surface area contributed by atoms with Crippen molar-refractivity contribution < 1.29 is 18.8 Å². The lowest BCUT2D eigenvalue weighted by molar-refractivity contribution is 0.0512. The molecule has 1 heterocycles. The van der Waals surface area contributed by atoms with Crippen molar-refractivity contribution in [2.75, 3.05) is 6.61 Å². The molecule has 6 heteroatoms. The number of aromatic nitrogens is 1. The van der Waals surface area contributed by atoms with Crippen molar-refractivity contribution in [3.05, 3.63) is 50.8 Å². The first-order valence-corrected chi connectivity index (χ1v) is 8.30. The van der Waals surface area contributed by atoms with Gasteiger partial charge in [0.2, 0.25) is 5.69 Å². The van der Waals surface area contributed by atoms with Crippen LogP contribution in [0.4, 0.5) is 0 Å². The number of carbonyl (C=O) groups is 2. The van der Waals surface area contributed by atoms with E-state index in [0.29, 0.717) is 11.3 Å². The van der Waals surface area contributed by atoms with Gasteiger partial charge in [0.15, 0.2) is 11.5 Å². The van der Waals surface area contributed by atoms with Crippen LogP contribution < -0.4 is 0 Å². The first kappa shape index (κ1) is 15.9. The van der Waals surface area contributed by atoms with Gasteiger partial charge in [-0.3, -0.25) is 4.79 Å². The number of halogens is 1. The number of ketones is 1. The van der Waals surface area contributed by atoms with Crippen molar-refractivity contribution >= 4 is 27.7 Å². The number of carbonyl (C=O) groups excluding carboxylic acids is 2. The predicted molar refractivity (Wildman–Crippen MR) is 86.7 cm³/mol. The lowest BCUT2D eigenvalue weighted by atomic mass is 9.96. The molecule has 0 saturated heterocycles. The number of nitrogens with zero attached hydrogens (tertiary/aromatic N) is 1. The Kier molecular flexibility index (Phi) is 4.35. The Hall–Kier alpha value is -1.95. The van der Waals surface area contributed by atoms with Crippen LogP contribution in [0.5, 0.6) is 0 Å². The van der Waals surface area contributed by atoms with Crippen LogP contribution in [-0.2, 0) is 4.74 Å². The molecule has 1 fully saturated rings. The standard InChI is InChI=1S/C17H16BrNO4/c1-3-22-17(21)14-13(16(23-19-14)10-7-8-10)15(20)11-5-4-6-12(18)9(11)2/h4-6,10H,3,7-8H2,1-2H3. The zero-order chi connectivity index (χ0) is 16.6. The van der Waals surface area contributed by atoms with Gasteiger partial charge in [0.1, 0.15) is 5.56 Å². The first-order valence-electron chi connectivity index (χ1n) is 7.51. The summed E-state index contributed by atoms with van der Waals surface area (Å²) in [6.07, 6.45) is 1.88. The van der Waals surface area contributed by atoms with Gasteiger partial charge < -0.3 is 9.26 Å². The zero-order valence-electron chi connectivity index (χ0n) is 12.9. The molecule has 0 bridgehead atoms. The lowest BCUT2D eigenvalue weighted by Gasteiger charge is -2.07. The van der Waals surface area contributed by atoms with Crippen LogP contribution in [0.2, 0.25) is 0 Å². The van der Waals surface area contributed by atoms with Gasteiger partial charge in [-0.2, -0.15) is 0 Å². The molecule has 120 valence electrons. The van der Waals surface area contributed by atoms with Gasteiger partial charge in [-0.15, -0.1) is 0 Å². The van der Waals surface area contributed by atoms with Crippen molar-refractivity contribution in [2.45, 2.75) is 32.6 Å². The third kappa shape index (κ3) is 2.95. The van der Waals surface area contributed by atoms with E-state index in [9.17, 15) is 9.59 Å². The summed E-state index contributed by atoms with van der Waals surface area (Å²) in [5.41, 5.74) is 1.55. The third-order valence-electron chi connectivity index (χ3n) is 3.87. The minimum atomic E-state index is -0.626. The molecule has 0 unspecified atom stereocenters. The van der Waals surface area contributed by atoms with E-state index in [4.69, 9.17) is 9.26 Å². The summed E-state index contributed by atoms with van der Waals surface area (Å²) < 4.78 is 11.2. The summed E-state index contributed by atoms with van der Waals surface area (Å²) in [6.45, 7) is 3.78. The van der Waals surface area contributed by atoms with Gasteiger partial charge in [0.25, 0.3) is 0 Å². The monoisotopic (exact) mass is 377 g/mol. The molecule has 0 aliphatic heterocycles. The number of rotatable bonds is 5. The van der Waals surface area contributed by atoms with Crippen LogP contribution in [0.15, 0.2) is 27.2 Å². The predicted octanol–water partition coefficient (Wildman–Crippen LogP) is 4.03. The summed E-state index contributed by atoms with van der Waals surface area (Å²) in [5, 5.41) is 3.81. The maximum atomic E-state index is 13.0. The number of hydrogen-bond donors (Lipinski definition) is 0. The molecule has 2 aromatic rings. The molecule has 3 rings (SSSR count). The Morgan fingerprint density at radius 1 is 1.39 bits per heavy atom. The quantitative estimate of drug-likeness (QED) is 0.580. The summed E-state index contributed by atoms with van der Waals surface area (Å²) in [4.78, 5) is 25.1. The molecular formula is C17H16BrNO4. The maximum Gasteiger partial charge on any atom is 0.361 e. The minimum Gasteiger partial charge on any atom is -0.461 e. The molecule has 0 N–H and O–H groups in total. The fourth-order valence-electron chi connectivity index (χ4n) is 2.47. The van der Waals surface area contributed by atoms with E-state index in [2.05, 4.69) is 21.1 Å². The average molecular weight is 378 g/mol. The Morgan fingerprint density at radius 3 is 2.78 bits per heavy atom. The van der Waals surface area contributed by atoms with Crippen LogP contribution >= 0.6 is 15.9 Å². The van der Waals surface area contributed by atoms with E-state index in [1.807, 2.05) is 13.0 Å². The number of hydrogen-bond acceptors (Lipinski definition) is 5. The first-order chi connectivity index (χ1) is 11.0. The molecular weight excluding hydrogens is 362 g/mol. The van der Waals surface area contributed by atoms with E-state index in [-0.39, 0.29) is 29.6 Å². The van der Waals surface area contributed by atoms with Crippen LogP contribution in [0.1, 0.15) is 63.4 Å². The highest BCUT2D eigenvalue weighted by molar-refractivity contribution is 9.10. The van der Waals surface area contributed by atoms with E-state index in [1.54, 1.807) is 19.1 Å². The summed E-state index contributed by atoms with van der Waals surface area (Å²) in [6, 6.07) is 5.40. The second kappa shape index (κ2) is 6.28. The highest BCUT2D eigenvalue weighted by Crippen LogP contribution is 2.43. The van der Waals surface area contributed by atoms with E-state index in [0.717, 1.165) is 22.9 Å². The van der Waals surface area contributed by atoms with Crippen LogP contribution in [0, 0.1) is 6.92 Å². The zero-order valence-corrected chi connectivity index (χ0v) is 14.5. The lowest BCUT2D eigenvalue weighted by Crippen LogP contribution is -2.14. The van der Waals surface area contributed by atoms with Gasteiger partial charge in [-0.1, -0.05) is 33.2 Å². The second-order valence-corrected chi connectivity index (χ2v) is 6.36. The third-order valence-corrected chi connectivity index (χ3v) is 4.73. The normalized spacial score (nSPS) is 13.9. The molecule has 1 aromatic heterocycles. The molecule has 0 radical (unpaired) electrons. The van der Waals surface area contributed by atoms with E-state index >= 15 is 0 Å². The Balaban J connectivity index is 2.09. The summed E-state index contributed by atoms with van der Waals surface area (Å²) in [7, 11) is 0. The van der Waals surface area contributed by atoms with Crippen molar-refractivity contribution in [3.8, 4) is 0 Å². The van der Waals surface area contributed by atoms with Gasteiger partial charge in [-0.25, -0.2) is 4.79 Å². The fourth-order valence-corrected chi connectivity index (χ4v) is 2.84.